The van der Waals surface area contributed by atoms with E-state index in [0.717, 1.165) is 13.0 Å². The number of carbonyl (C=O) groups is 1. The molecule has 4 heteroatoms. The predicted octanol–water partition coefficient (Wildman–Crippen LogP) is 3.69. The first-order chi connectivity index (χ1) is 11.1. The summed E-state index contributed by atoms with van der Waals surface area (Å²) in [7, 11) is 2.21. The first-order valence-electron chi connectivity index (χ1n) is 8.83. The van der Waals surface area contributed by atoms with Crippen molar-refractivity contribution >= 4 is 5.91 Å². The van der Waals surface area contributed by atoms with Crippen LogP contribution in [-0.4, -0.2) is 47.4 Å². The lowest BCUT2D eigenvalue weighted by Gasteiger charge is -2.39. The fourth-order valence-electron chi connectivity index (χ4n) is 4.50. The molecule has 1 saturated heterocycles. The summed E-state index contributed by atoms with van der Waals surface area (Å²) in [4.78, 5) is 17.3. The quantitative estimate of drug-likeness (QED) is 0.848. The van der Waals surface area contributed by atoms with E-state index in [1.807, 2.05) is 11.8 Å². The second-order valence-electron chi connectivity index (χ2n) is 7.12. The van der Waals surface area contributed by atoms with Gasteiger partial charge in [0.1, 0.15) is 5.82 Å². The molecule has 1 aromatic rings. The van der Waals surface area contributed by atoms with E-state index in [4.69, 9.17) is 0 Å². The number of likely N-dealkylation sites (N-methyl/N-ethyl adjacent to an activating group) is 2. The number of carbonyl (C=O) groups excluding carboxylic acids is 1. The molecular weight excluding hydrogens is 291 g/mol. The second kappa shape index (κ2) is 6.60. The molecule has 0 unspecified atom stereocenters. The molecule has 1 amide bonds. The number of rotatable bonds is 3. The van der Waals surface area contributed by atoms with Gasteiger partial charge >= 0.3 is 0 Å². The highest BCUT2D eigenvalue weighted by Gasteiger charge is 2.46. The minimum absolute atomic E-state index is 0.0266. The topological polar surface area (TPSA) is 23.6 Å². The summed E-state index contributed by atoms with van der Waals surface area (Å²) in [5, 5.41) is 0. The van der Waals surface area contributed by atoms with Gasteiger partial charge in [-0.1, -0.05) is 19.3 Å². The molecule has 1 aliphatic heterocycles. The summed E-state index contributed by atoms with van der Waals surface area (Å²) in [6.45, 7) is 3.68. The monoisotopic (exact) mass is 318 g/mol. The highest BCUT2D eigenvalue weighted by Crippen LogP contribution is 2.42. The van der Waals surface area contributed by atoms with Crippen molar-refractivity contribution in [3.63, 3.8) is 0 Å². The summed E-state index contributed by atoms with van der Waals surface area (Å²) in [5.41, 5.74) is 0.875. The maximum Gasteiger partial charge on any atom is 0.254 e. The molecule has 2 fully saturated rings. The van der Waals surface area contributed by atoms with E-state index in [-0.39, 0.29) is 17.8 Å². The Morgan fingerprint density at radius 3 is 2.52 bits per heavy atom. The van der Waals surface area contributed by atoms with Gasteiger partial charge in [0.05, 0.1) is 0 Å². The van der Waals surface area contributed by atoms with Crippen LogP contribution in [0.1, 0.15) is 55.8 Å². The fourth-order valence-corrected chi connectivity index (χ4v) is 4.50. The lowest BCUT2D eigenvalue weighted by Crippen LogP contribution is -2.42. The van der Waals surface area contributed by atoms with Gasteiger partial charge in [-0.3, -0.25) is 9.69 Å². The zero-order valence-electron chi connectivity index (χ0n) is 14.2. The molecule has 3 rings (SSSR count). The Labute approximate surface area is 138 Å². The molecule has 0 N–H and O–H groups in total. The number of benzene rings is 1. The summed E-state index contributed by atoms with van der Waals surface area (Å²) in [6, 6.07) is 6.18. The molecule has 0 bridgehead atoms. The zero-order valence-corrected chi connectivity index (χ0v) is 14.2. The minimum Gasteiger partial charge on any atom is -0.335 e. The molecule has 1 saturated carbocycles. The Bertz CT molecular complexity index is 551. The predicted molar refractivity (Wildman–Crippen MR) is 90.0 cm³/mol. The number of amides is 1. The lowest BCUT2D eigenvalue weighted by molar-refractivity contribution is 0.0694. The molecule has 1 spiro atoms. The third kappa shape index (κ3) is 3.14. The highest BCUT2D eigenvalue weighted by atomic mass is 19.1. The van der Waals surface area contributed by atoms with Gasteiger partial charge in [0.15, 0.2) is 0 Å². The van der Waals surface area contributed by atoms with Crippen LogP contribution in [0.2, 0.25) is 0 Å². The van der Waals surface area contributed by atoms with Crippen LogP contribution < -0.4 is 0 Å². The van der Waals surface area contributed by atoms with Crippen molar-refractivity contribution < 1.29 is 9.18 Å². The Morgan fingerprint density at radius 2 is 1.91 bits per heavy atom. The van der Waals surface area contributed by atoms with Crippen molar-refractivity contribution in [3.05, 3.63) is 35.6 Å². The average Bonchev–Trinajstić information content (AvgIpc) is 2.85. The molecule has 23 heavy (non-hydrogen) atoms. The standard InChI is InChI=1S/C19H27FN2O/c1-3-22(18(23)15-7-9-16(20)10-8-15)17-13-19(21(2)14-17)11-5-4-6-12-19/h7-10,17H,3-6,11-14H2,1-2H3/t17-/m0/s1. The number of likely N-dealkylation sites (tertiary alicyclic amines) is 1. The van der Waals surface area contributed by atoms with Crippen LogP contribution in [-0.2, 0) is 0 Å². The molecule has 1 aliphatic carbocycles. The lowest BCUT2D eigenvalue weighted by atomic mass is 9.79. The van der Waals surface area contributed by atoms with E-state index in [2.05, 4.69) is 11.9 Å². The van der Waals surface area contributed by atoms with Crippen LogP contribution in [0.3, 0.4) is 0 Å². The first-order valence-corrected chi connectivity index (χ1v) is 8.83. The summed E-state index contributed by atoms with van der Waals surface area (Å²) in [6.07, 6.45) is 7.52. The van der Waals surface area contributed by atoms with Crippen molar-refractivity contribution in [1.29, 1.82) is 0 Å². The molecule has 1 heterocycles. The van der Waals surface area contributed by atoms with Gasteiger partial charge in [0.2, 0.25) is 0 Å². The van der Waals surface area contributed by atoms with E-state index in [1.54, 1.807) is 12.1 Å². The third-order valence-electron chi connectivity index (χ3n) is 5.83. The number of hydrogen-bond acceptors (Lipinski definition) is 2. The van der Waals surface area contributed by atoms with Crippen LogP contribution in [0, 0.1) is 5.82 Å². The molecule has 1 atom stereocenters. The van der Waals surface area contributed by atoms with E-state index in [1.165, 1.54) is 44.2 Å². The Kier molecular flexibility index (Phi) is 4.72. The van der Waals surface area contributed by atoms with Crippen LogP contribution in [0.15, 0.2) is 24.3 Å². The summed E-state index contributed by atoms with van der Waals surface area (Å²) in [5.74, 6) is -0.273. The molecule has 0 radical (unpaired) electrons. The molecule has 2 aliphatic rings. The van der Waals surface area contributed by atoms with Gasteiger partial charge in [0, 0.05) is 30.2 Å². The van der Waals surface area contributed by atoms with Crippen LogP contribution in [0.25, 0.3) is 0 Å². The van der Waals surface area contributed by atoms with Gasteiger partial charge in [-0.2, -0.15) is 0 Å². The molecule has 3 nitrogen and oxygen atoms in total. The number of nitrogens with zero attached hydrogens (tertiary/aromatic N) is 2. The van der Waals surface area contributed by atoms with E-state index in [0.29, 0.717) is 17.6 Å². The maximum absolute atomic E-state index is 13.1. The molecule has 126 valence electrons. The van der Waals surface area contributed by atoms with Crippen molar-refractivity contribution in [2.75, 3.05) is 20.1 Å². The van der Waals surface area contributed by atoms with Gasteiger partial charge < -0.3 is 4.90 Å². The van der Waals surface area contributed by atoms with E-state index in [9.17, 15) is 9.18 Å². The van der Waals surface area contributed by atoms with Crippen LogP contribution in [0.5, 0.6) is 0 Å². The Morgan fingerprint density at radius 1 is 1.26 bits per heavy atom. The second-order valence-corrected chi connectivity index (χ2v) is 7.12. The molecular formula is C19H27FN2O. The zero-order chi connectivity index (χ0) is 16.4. The SMILES string of the molecule is CCN(C(=O)c1ccc(F)cc1)[C@@H]1CN(C)C2(CCCCC2)C1. The van der Waals surface area contributed by atoms with Crippen LogP contribution >= 0.6 is 0 Å². The molecule has 0 aromatic heterocycles. The van der Waals surface area contributed by atoms with Crippen molar-refractivity contribution in [3.8, 4) is 0 Å². The van der Waals surface area contributed by atoms with Crippen molar-refractivity contribution in [2.45, 2.75) is 57.0 Å². The summed E-state index contributed by atoms with van der Waals surface area (Å²) < 4.78 is 13.1. The van der Waals surface area contributed by atoms with Crippen molar-refractivity contribution in [1.82, 2.24) is 9.80 Å². The number of halogens is 1. The normalized spacial score (nSPS) is 24.0. The average molecular weight is 318 g/mol. The number of hydrogen-bond donors (Lipinski definition) is 0. The minimum atomic E-state index is -0.300. The first kappa shape index (κ1) is 16.4. The maximum atomic E-state index is 13.1. The largest absolute Gasteiger partial charge is 0.335 e. The summed E-state index contributed by atoms with van der Waals surface area (Å²) >= 11 is 0. The Hall–Kier alpha value is -1.42. The fraction of sp³-hybridized carbons (Fsp3) is 0.632. The Balaban J connectivity index is 1.76. The van der Waals surface area contributed by atoms with Crippen LogP contribution in [0.4, 0.5) is 4.39 Å². The highest BCUT2D eigenvalue weighted by molar-refractivity contribution is 5.94. The third-order valence-corrected chi connectivity index (χ3v) is 5.83. The van der Waals surface area contributed by atoms with Gasteiger partial charge in [-0.25, -0.2) is 4.39 Å². The van der Waals surface area contributed by atoms with Gasteiger partial charge in [0.25, 0.3) is 5.91 Å². The van der Waals surface area contributed by atoms with Crippen molar-refractivity contribution in [2.24, 2.45) is 0 Å². The smallest absolute Gasteiger partial charge is 0.254 e. The van der Waals surface area contributed by atoms with E-state index < -0.39 is 0 Å². The molecule has 1 aromatic carbocycles. The van der Waals surface area contributed by atoms with Gasteiger partial charge in [-0.05, 0) is 57.5 Å². The van der Waals surface area contributed by atoms with Gasteiger partial charge in [-0.15, -0.1) is 0 Å². The van der Waals surface area contributed by atoms with E-state index >= 15 is 0 Å².